The number of benzene rings is 2. The fourth-order valence-corrected chi connectivity index (χ4v) is 3.59. The van der Waals surface area contributed by atoms with Crippen LogP contribution >= 0.6 is 11.8 Å². The Bertz CT molecular complexity index is 830. The predicted octanol–water partition coefficient (Wildman–Crippen LogP) is 4.28. The van der Waals surface area contributed by atoms with Gasteiger partial charge < -0.3 is 4.74 Å². The number of thioether (sulfide) groups is 1. The van der Waals surface area contributed by atoms with Gasteiger partial charge in [0.1, 0.15) is 5.75 Å². The molecule has 1 aliphatic rings. The second kappa shape index (κ2) is 7.57. The highest BCUT2D eigenvalue weighted by atomic mass is 32.2. The standard InChI is InChI=1S/C20H19NO3S/c1-14-12-16(8-9-17(14)24-2)13-18-19(22)21(20(23)25-18)11-10-15-6-4-3-5-7-15/h3-9,12-13H,10-11H2,1-2H3/b18-13-. The van der Waals surface area contributed by atoms with Crippen LogP contribution in [0.1, 0.15) is 16.7 Å². The molecule has 0 saturated carbocycles. The van der Waals surface area contributed by atoms with Gasteiger partial charge in [-0.15, -0.1) is 0 Å². The number of hydrogen-bond acceptors (Lipinski definition) is 4. The van der Waals surface area contributed by atoms with Gasteiger partial charge in [0.2, 0.25) is 0 Å². The molecule has 1 heterocycles. The van der Waals surface area contributed by atoms with Gasteiger partial charge in [0, 0.05) is 6.54 Å². The fraction of sp³-hybridized carbons (Fsp3) is 0.200. The molecule has 0 unspecified atom stereocenters. The first kappa shape index (κ1) is 17.3. The maximum atomic E-state index is 12.5. The van der Waals surface area contributed by atoms with Crippen LogP contribution in [0.2, 0.25) is 0 Å². The van der Waals surface area contributed by atoms with Gasteiger partial charge in [-0.3, -0.25) is 14.5 Å². The van der Waals surface area contributed by atoms with Crippen molar-refractivity contribution in [2.75, 3.05) is 13.7 Å². The largest absolute Gasteiger partial charge is 0.496 e. The lowest BCUT2D eigenvalue weighted by atomic mass is 10.1. The lowest BCUT2D eigenvalue weighted by molar-refractivity contribution is -0.122. The Morgan fingerprint density at radius 2 is 1.88 bits per heavy atom. The van der Waals surface area contributed by atoms with Crippen molar-refractivity contribution >= 4 is 29.0 Å². The molecule has 0 atom stereocenters. The molecule has 2 aromatic rings. The molecule has 1 fully saturated rings. The number of nitrogens with zero attached hydrogens (tertiary/aromatic N) is 1. The van der Waals surface area contributed by atoms with Crippen molar-refractivity contribution in [3.05, 3.63) is 70.1 Å². The predicted molar refractivity (Wildman–Crippen MR) is 101 cm³/mol. The van der Waals surface area contributed by atoms with Crippen LogP contribution in [0.3, 0.4) is 0 Å². The average molecular weight is 353 g/mol. The first-order valence-corrected chi connectivity index (χ1v) is 8.84. The lowest BCUT2D eigenvalue weighted by Gasteiger charge is -2.12. The number of amides is 2. The number of carbonyl (C=O) groups is 2. The normalized spacial score (nSPS) is 15.9. The van der Waals surface area contributed by atoms with Gasteiger partial charge in [0.05, 0.1) is 12.0 Å². The van der Waals surface area contributed by atoms with Crippen LogP contribution in [0.15, 0.2) is 53.4 Å². The average Bonchev–Trinajstić information content (AvgIpc) is 2.87. The van der Waals surface area contributed by atoms with Gasteiger partial charge in [-0.1, -0.05) is 36.4 Å². The summed E-state index contributed by atoms with van der Waals surface area (Å²) >= 11 is 0.995. The van der Waals surface area contributed by atoms with E-state index in [1.807, 2.05) is 55.5 Å². The van der Waals surface area contributed by atoms with Crippen molar-refractivity contribution in [1.29, 1.82) is 0 Å². The van der Waals surface area contributed by atoms with Crippen molar-refractivity contribution in [3.63, 3.8) is 0 Å². The highest BCUT2D eigenvalue weighted by Crippen LogP contribution is 2.33. The van der Waals surface area contributed by atoms with Crippen LogP contribution in [0.4, 0.5) is 4.79 Å². The van der Waals surface area contributed by atoms with E-state index >= 15 is 0 Å². The summed E-state index contributed by atoms with van der Waals surface area (Å²) in [6.45, 7) is 2.34. The van der Waals surface area contributed by atoms with Gasteiger partial charge in [-0.05, 0) is 60.0 Å². The van der Waals surface area contributed by atoms with Gasteiger partial charge >= 0.3 is 0 Å². The van der Waals surface area contributed by atoms with Gasteiger partial charge in [0.25, 0.3) is 11.1 Å². The highest BCUT2D eigenvalue weighted by Gasteiger charge is 2.34. The second-order valence-corrected chi connectivity index (χ2v) is 6.79. The van der Waals surface area contributed by atoms with Crippen LogP contribution in [0.5, 0.6) is 5.75 Å². The number of rotatable bonds is 5. The Kier molecular flexibility index (Phi) is 5.24. The van der Waals surface area contributed by atoms with E-state index in [0.29, 0.717) is 17.9 Å². The lowest BCUT2D eigenvalue weighted by Crippen LogP contribution is -2.30. The van der Waals surface area contributed by atoms with Crippen molar-refractivity contribution in [2.24, 2.45) is 0 Å². The number of hydrogen-bond donors (Lipinski definition) is 0. The molecule has 0 N–H and O–H groups in total. The molecule has 2 aromatic carbocycles. The van der Waals surface area contributed by atoms with E-state index in [0.717, 1.165) is 34.2 Å². The maximum Gasteiger partial charge on any atom is 0.293 e. The van der Waals surface area contributed by atoms with Crippen LogP contribution in [-0.4, -0.2) is 29.7 Å². The van der Waals surface area contributed by atoms with Crippen molar-refractivity contribution < 1.29 is 14.3 Å². The highest BCUT2D eigenvalue weighted by molar-refractivity contribution is 8.18. The topological polar surface area (TPSA) is 46.6 Å². The van der Waals surface area contributed by atoms with Crippen LogP contribution < -0.4 is 4.74 Å². The summed E-state index contributed by atoms with van der Waals surface area (Å²) in [5, 5.41) is -0.211. The third kappa shape index (κ3) is 3.94. The molecule has 0 aliphatic carbocycles. The molecule has 2 amide bonds. The van der Waals surface area contributed by atoms with Gasteiger partial charge in [0.15, 0.2) is 0 Å². The zero-order valence-corrected chi connectivity index (χ0v) is 15.0. The molecule has 25 heavy (non-hydrogen) atoms. The quantitative estimate of drug-likeness (QED) is 0.753. The monoisotopic (exact) mass is 353 g/mol. The minimum atomic E-state index is -0.223. The molecule has 5 heteroatoms. The Labute approximate surface area is 151 Å². The van der Waals surface area contributed by atoms with Crippen LogP contribution in [0, 0.1) is 6.92 Å². The van der Waals surface area contributed by atoms with Gasteiger partial charge in [-0.2, -0.15) is 0 Å². The number of carbonyl (C=O) groups excluding carboxylic acids is 2. The van der Waals surface area contributed by atoms with Crippen LogP contribution in [-0.2, 0) is 11.2 Å². The first-order valence-electron chi connectivity index (χ1n) is 8.02. The molecular weight excluding hydrogens is 334 g/mol. The van der Waals surface area contributed by atoms with E-state index in [-0.39, 0.29) is 11.1 Å². The minimum Gasteiger partial charge on any atom is -0.496 e. The smallest absolute Gasteiger partial charge is 0.293 e. The second-order valence-electron chi connectivity index (χ2n) is 5.80. The number of ether oxygens (including phenoxy) is 1. The minimum absolute atomic E-state index is 0.211. The van der Waals surface area contributed by atoms with E-state index in [1.54, 1.807) is 13.2 Å². The molecule has 0 radical (unpaired) electrons. The summed E-state index contributed by atoms with van der Waals surface area (Å²) in [6, 6.07) is 15.5. The number of methoxy groups -OCH3 is 1. The fourth-order valence-electron chi connectivity index (χ4n) is 2.72. The van der Waals surface area contributed by atoms with Gasteiger partial charge in [-0.25, -0.2) is 0 Å². The Hall–Kier alpha value is -2.53. The van der Waals surface area contributed by atoms with E-state index in [4.69, 9.17) is 4.74 Å². The molecule has 3 rings (SSSR count). The van der Waals surface area contributed by atoms with Crippen LogP contribution in [0.25, 0.3) is 6.08 Å². The first-order chi connectivity index (χ1) is 12.1. The molecule has 4 nitrogen and oxygen atoms in total. The van der Waals surface area contributed by atoms with Crippen molar-refractivity contribution in [1.82, 2.24) is 4.90 Å². The maximum absolute atomic E-state index is 12.5. The third-order valence-electron chi connectivity index (χ3n) is 4.06. The Morgan fingerprint density at radius 1 is 1.12 bits per heavy atom. The summed E-state index contributed by atoms with van der Waals surface area (Å²) < 4.78 is 5.24. The van der Waals surface area contributed by atoms with E-state index in [2.05, 4.69) is 0 Å². The number of aryl methyl sites for hydroxylation is 1. The summed E-state index contributed by atoms with van der Waals surface area (Å²) in [7, 11) is 1.63. The molecule has 0 bridgehead atoms. The number of imide groups is 1. The zero-order chi connectivity index (χ0) is 17.8. The summed E-state index contributed by atoms with van der Waals surface area (Å²) in [4.78, 5) is 26.5. The molecule has 1 aliphatic heterocycles. The molecule has 0 spiro atoms. The zero-order valence-electron chi connectivity index (χ0n) is 14.2. The molecule has 1 saturated heterocycles. The SMILES string of the molecule is COc1ccc(/C=C2\SC(=O)N(CCc3ccccc3)C2=O)cc1C. The summed E-state index contributed by atoms with van der Waals surface area (Å²) in [6.07, 6.45) is 2.42. The van der Waals surface area contributed by atoms with E-state index < -0.39 is 0 Å². The van der Waals surface area contributed by atoms with Crippen molar-refractivity contribution in [2.45, 2.75) is 13.3 Å². The summed E-state index contributed by atoms with van der Waals surface area (Å²) in [5.74, 6) is 0.576. The summed E-state index contributed by atoms with van der Waals surface area (Å²) in [5.41, 5.74) is 2.97. The van der Waals surface area contributed by atoms with Crippen molar-refractivity contribution in [3.8, 4) is 5.75 Å². The Morgan fingerprint density at radius 3 is 2.56 bits per heavy atom. The molecule has 128 valence electrons. The molecule has 0 aromatic heterocycles. The van der Waals surface area contributed by atoms with E-state index in [1.165, 1.54) is 4.90 Å². The Balaban J connectivity index is 1.73. The van der Waals surface area contributed by atoms with E-state index in [9.17, 15) is 9.59 Å². The molecular formula is C20H19NO3S. The third-order valence-corrected chi connectivity index (χ3v) is 4.96.